The molecule has 22 heavy (non-hydrogen) atoms. The summed E-state index contributed by atoms with van der Waals surface area (Å²) >= 11 is 1.32. The maximum atomic E-state index is 12.4. The molecule has 0 aromatic heterocycles. The highest BCUT2D eigenvalue weighted by molar-refractivity contribution is 14.1. The van der Waals surface area contributed by atoms with Gasteiger partial charge in [-0.1, -0.05) is 28.7 Å². The number of anilines is 1. The van der Waals surface area contributed by atoms with Gasteiger partial charge in [-0.3, -0.25) is 29.3 Å². The number of nitro groups is 1. The van der Waals surface area contributed by atoms with Crippen molar-refractivity contribution in [2.24, 2.45) is 0 Å². The lowest BCUT2D eigenvalue weighted by Crippen LogP contribution is -2.44. The number of amides is 2. The van der Waals surface area contributed by atoms with Crippen LogP contribution in [0.25, 0.3) is 0 Å². The van der Waals surface area contributed by atoms with E-state index in [1.807, 2.05) is 0 Å². The number of nitro benzene ring substituents is 1. The Morgan fingerprint density at radius 1 is 1.32 bits per heavy atom. The molecule has 8 nitrogen and oxygen atoms in total. The molecular formula is C13H9IN2O6. The van der Waals surface area contributed by atoms with Crippen LogP contribution in [0.1, 0.15) is 12.5 Å². The average Bonchev–Trinajstić information content (AvgIpc) is 2.60. The van der Waals surface area contributed by atoms with E-state index in [9.17, 15) is 29.3 Å². The van der Waals surface area contributed by atoms with Gasteiger partial charge in [-0.05, 0) is 25.5 Å². The summed E-state index contributed by atoms with van der Waals surface area (Å²) in [7, 11) is 0. The molecule has 1 atom stereocenters. The van der Waals surface area contributed by atoms with Crippen molar-refractivity contribution < 1.29 is 24.1 Å². The minimum Gasteiger partial charge on any atom is -0.297 e. The van der Waals surface area contributed by atoms with Crippen molar-refractivity contribution in [1.29, 1.82) is 0 Å². The van der Waals surface area contributed by atoms with Gasteiger partial charge < -0.3 is 0 Å². The predicted octanol–water partition coefficient (Wildman–Crippen LogP) is 1.11. The van der Waals surface area contributed by atoms with Gasteiger partial charge in [0.05, 0.1) is 4.92 Å². The fraction of sp³-hybridized carbons (Fsp3) is 0.231. The van der Waals surface area contributed by atoms with Crippen LogP contribution >= 0.6 is 22.6 Å². The van der Waals surface area contributed by atoms with Crippen molar-refractivity contribution in [2.75, 3.05) is 4.90 Å². The second-order valence-electron chi connectivity index (χ2n) is 4.74. The van der Waals surface area contributed by atoms with Gasteiger partial charge >= 0.3 is 5.91 Å². The van der Waals surface area contributed by atoms with E-state index < -0.39 is 37.4 Å². The fourth-order valence-electron chi connectivity index (χ4n) is 2.09. The van der Waals surface area contributed by atoms with Crippen molar-refractivity contribution in [3.8, 4) is 0 Å². The zero-order chi connectivity index (χ0) is 16.8. The summed E-state index contributed by atoms with van der Waals surface area (Å²) in [5.41, 5.74) is -0.250. The first-order valence-electron chi connectivity index (χ1n) is 6.00. The van der Waals surface area contributed by atoms with Crippen molar-refractivity contribution >= 4 is 57.3 Å². The second-order valence-corrected chi connectivity index (χ2v) is 6.36. The van der Waals surface area contributed by atoms with Crippen LogP contribution in [0.4, 0.5) is 11.4 Å². The van der Waals surface area contributed by atoms with Gasteiger partial charge in [-0.25, -0.2) is 4.90 Å². The molecule has 0 radical (unpaired) electrons. The number of benzene rings is 1. The fourth-order valence-corrected chi connectivity index (χ4v) is 2.56. The van der Waals surface area contributed by atoms with E-state index in [-0.39, 0.29) is 5.69 Å². The van der Waals surface area contributed by atoms with E-state index in [0.717, 1.165) is 13.0 Å². The number of hydrogen-bond donors (Lipinski definition) is 0. The maximum absolute atomic E-state index is 12.4. The lowest BCUT2D eigenvalue weighted by Gasteiger charge is -2.16. The van der Waals surface area contributed by atoms with Gasteiger partial charge in [0.25, 0.3) is 17.4 Å². The largest absolute Gasteiger partial charge is 0.303 e. The van der Waals surface area contributed by atoms with Crippen LogP contribution in [0.2, 0.25) is 0 Å². The van der Waals surface area contributed by atoms with Crippen LogP contribution in [-0.2, 0) is 19.2 Å². The Kier molecular flexibility index (Phi) is 3.85. The molecule has 0 bridgehead atoms. The molecular weight excluding hydrogens is 407 g/mol. The molecule has 0 spiro atoms. The van der Waals surface area contributed by atoms with Gasteiger partial charge in [0.1, 0.15) is 5.69 Å². The number of rotatable bonds is 3. The van der Waals surface area contributed by atoms with Crippen molar-refractivity contribution in [3.05, 3.63) is 33.9 Å². The van der Waals surface area contributed by atoms with E-state index in [4.69, 9.17) is 0 Å². The Hall–Kier alpha value is -2.17. The van der Waals surface area contributed by atoms with Gasteiger partial charge in [-0.2, -0.15) is 0 Å². The first-order valence-corrected chi connectivity index (χ1v) is 7.08. The third-order valence-corrected chi connectivity index (χ3v) is 4.97. The van der Waals surface area contributed by atoms with Crippen molar-refractivity contribution in [1.82, 2.24) is 0 Å². The zero-order valence-corrected chi connectivity index (χ0v) is 13.6. The third-order valence-electron chi connectivity index (χ3n) is 3.26. The summed E-state index contributed by atoms with van der Waals surface area (Å²) in [6.07, 6.45) is 0. The van der Waals surface area contributed by atoms with E-state index in [2.05, 4.69) is 0 Å². The number of carbonyl (C=O) groups is 4. The average molecular weight is 416 g/mol. The number of aryl methyl sites for hydroxylation is 1. The van der Waals surface area contributed by atoms with Gasteiger partial charge in [0.2, 0.25) is 3.42 Å². The number of ketones is 2. The van der Waals surface area contributed by atoms with Crippen molar-refractivity contribution in [3.63, 3.8) is 0 Å². The Labute approximate surface area is 137 Å². The summed E-state index contributed by atoms with van der Waals surface area (Å²) in [4.78, 5) is 58.9. The molecule has 1 aliphatic rings. The van der Waals surface area contributed by atoms with Crippen molar-refractivity contribution in [2.45, 2.75) is 17.3 Å². The highest BCUT2D eigenvalue weighted by Crippen LogP contribution is 2.38. The van der Waals surface area contributed by atoms with Crippen LogP contribution in [0.5, 0.6) is 0 Å². The highest BCUT2D eigenvalue weighted by atomic mass is 127. The Bertz CT molecular complexity index is 759. The predicted molar refractivity (Wildman–Crippen MR) is 82.8 cm³/mol. The molecule has 2 rings (SSSR count). The molecule has 1 heterocycles. The van der Waals surface area contributed by atoms with Gasteiger partial charge in [-0.15, -0.1) is 0 Å². The standard InChI is InChI=1S/C13H9IN2O6/c1-6-3-4-8(16(21)22)9(5-6)15-11(19)10(18)13(14,7(2)17)12(15)20/h3-5H,1-2H3/t13-/m1/s1. The number of alkyl halides is 1. The normalized spacial score (nSPS) is 21.4. The lowest BCUT2D eigenvalue weighted by molar-refractivity contribution is -0.384. The van der Waals surface area contributed by atoms with E-state index in [0.29, 0.717) is 10.5 Å². The SMILES string of the molecule is CC(=O)[C@@]1(I)C(=O)C(=O)N(c2cc(C)ccc2[N+](=O)[O-])C1=O. The van der Waals surface area contributed by atoms with Crippen LogP contribution in [0.3, 0.4) is 0 Å². The van der Waals surface area contributed by atoms with Crippen LogP contribution in [-0.4, -0.2) is 31.7 Å². The molecule has 0 N–H and O–H groups in total. The molecule has 1 aliphatic heterocycles. The summed E-state index contributed by atoms with van der Waals surface area (Å²) in [5.74, 6) is -4.32. The van der Waals surface area contributed by atoms with Crippen LogP contribution in [0, 0.1) is 17.0 Å². The number of halogens is 1. The Balaban J connectivity index is 2.69. The summed E-state index contributed by atoms with van der Waals surface area (Å²) in [6, 6.07) is 3.83. The molecule has 0 saturated carbocycles. The number of imide groups is 1. The maximum Gasteiger partial charge on any atom is 0.303 e. The number of hydrogen-bond acceptors (Lipinski definition) is 6. The molecule has 0 unspecified atom stereocenters. The van der Waals surface area contributed by atoms with E-state index >= 15 is 0 Å². The molecule has 0 aliphatic carbocycles. The zero-order valence-electron chi connectivity index (χ0n) is 11.5. The summed E-state index contributed by atoms with van der Waals surface area (Å²) in [5, 5.41) is 11.1. The minimum atomic E-state index is -2.16. The molecule has 1 fully saturated rings. The van der Waals surface area contributed by atoms with E-state index in [1.54, 1.807) is 6.92 Å². The molecule has 1 aromatic carbocycles. The number of nitrogens with zero attached hydrogens (tertiary/aromatic N) is 2. The first kappa shape index (κ1) is 16.2. The lowest BCUT2D eigenvalue weighted by atomic mass is 10.0. The number of Topliss-reactive ketones (excluding diaryl/α,β-unsaturated/α-hetero) is 2. The first-order chi connectivity index (χ1) is 10.1. The quantitative estimate of drug-likeness (QED) is 0.139. The molecule has 1 saturated heterocycles. The minimum absolute atomic E-state index is 0.312. The Morgan fingerprint density at radius 2 is 1.91 bits per heavy atom. The van der Waals surface area contributed by atoms with Gasteiger partial charge in [0, 0.05) is 6.07 Å². The molecule has 2 amide bonds. The second kappa shape index (κ2) is 5.23. The summed E-state index contributed by atoms with van der Waals surface area (Å²) < 4.78 is -2.16. The monoisotopic (exact) mass is 416 g/mol. The topological polar surface area (TPSA) is 115 Å². The molecule has 9 heteroatoms. The third kappa shape index (κ3) is 2.12. The number of carbonyl (C=O) groups excluding carboxylic acids is 4. The van der Waals surface area contributed by atoms with E-state index in [1.165, 1.54) is 34.7 Å². The van der Waals surface area contributed by atoms with Crippen LogP contribution < -0.4 is 4.90 Å². The highest BCUT2D eigenvalue weighted by Gasteiger charge is 2.62. The van der Waals surface area contributed by atoms with Gasteiger partial charge in [0.15, 0.2) is 5.78 Å². The molecule has 1 aromatic rings. The van der Waals surface area contributed by atoms with Crippen LogP contribution in [0.15, 0.2) is 18.2 Å². The Morgan fingerprint density at radius 3 is 2.36 bits per heavy atom. The smallest absolute Gasteiger partial charge is 0.297 e. The summed E-state index contributed by atoms with van der Waals surface area (Å²) in [6.45, 7) is 2.63. The molecule has 114 valence electrons.